The fourth-order valence-corrected chi connectivity index (χ4v) is 1.97. The van der Waals surface area contributed by atoms with Crippen LogP contribution in [-0.4, -0.2) is 19.1 Å². The average Bonchev–Trinajstić information content (AvgIpc) is 2.31. The predicted molar refractivity (Wildman–Crippen MR) is 78.3 cm³/mol. The number of unbranched alkanes of at least 4 members (excludes halogenated alkanes) is 6. The molecule has 0 saturated carbocycles. The third-order valence-electron chi connectivity index (χ3n) is 3.13. The first kappa shape index (κ1) is 16.7. The van der Waals surface area contributed by atoms with E-state index >= 15 is 0 Å². The summed E-state index contributed by atoms with van der Waals surface area (Å²) in [5.41, 5.74) is 6.93. The van der Waals surface area contributed by atoms with Crippen LogP contribution in [0, 0.1) is 0 Å². The summed E-state index contributed by atoms with van der Waals surface area (Å²) in [4.78, 5) is 0. The van der Waals surface area contributed by atoms with Crippen LogP contribution < -0.4 is 11.1 Å². The fraction of sp³-hybridized carbons (Fsp3) is 0.867. The molecule has 0 spiro atoms. The predicted octanol–water partition coefficient (Wildman–Crippen LogP) is 3.62. The second-order valence-corrected chi connectivity index (χ2v) is 5.18. The Morgan fingerprint density at radius 1 is 1.12 bits per heavy atom. The molecule has 0 amide bonds. The highest BCUT2D eigenvalue weighted by molar-refractivity contribution is 4.91. The monoisotopic (exact) mass is 240 g/mol. The van der Waals surface area contributed by atoms with Gasteiger partial charge in [-0.15, -0.1) is 0 Å². The molecule has 0 aliphatic rings. The van der Waals surface area contributed by atoms with Crippen molar-refractivity contribution in [1.29, 1.82) is 0 Å². The highest BCUT2D eigenvalue weighted by Crippen LogP contribution is 2.09. The Kier molecular flexibility index (Phi) is 11.9. The molecular formula is C15H32N2. The smallest absolute Gasteiger partial charge is 0.0193 e. The Labute approximate surface area is 108 Å². The molecule has 102 valence electrons. The second-order valence-electron chi connectivity index (χ2n) is 5.18. The molecule has 0 aromatic carbocycles. The molecule has 0 aliphatic carbocycles. The van der Waals surface area contributed by atoms with Gasteiger partial charge in [-0.05, 0) is 13.3 Å². The molecule has 0 bridgehead atoms. The van der Waals surface area contributed by atoms with Gasteiger partial charge in [0.1, 0.15) is 0 Å². The van der Waals surface area contributed by atoms with Crippen molar-refractivity contribution in [2.24, 2.45) is 5.73 Å². The molecule has 17 heavy (non-hydrogen) atoms. The largest absolute Gasteiger partial charge is 0.329 e. The van der Waals surface area contributed by atoms with Crippen LogP contribution in [0.2, 0.25) is 0 Å². The minimum Gasteiger partial charge on any atom is -0.329 e. The molecule has 1 atom stereocenters. The summed E-state index contributed by atoms with van der Waals surface area (Å²) >= 11 is 0. The van der Waals surface area contributed by atoms with Crippen LogP contribution in [0.4, 0.5) is 0 Å². The number of nitrogens with one attached hydrogen (secondary N) is 1. The second kappa shape index (κ2) is 12.1. The zero-order chi connectivity index (χ0) is 12.9. The number of nitrogens with two attached hydrogens (primary N) is 1. The van der Waals surface area contributed by atoms with E-state index in [2.05, 4.69) is 18.8 Å². The van der Waals surface area contributed by atoms with Gasteiger partial charge in [0.05, 0.1) is 0 Å². The van der Waals surface area contributed by atoms with E-state index in [1.54, 1.807) is 0 Å². The Bertz CT molecular complexity index is 178. The molecule has 0 aliphatic heterocycles. The molecular weight excluding hydrogens is 208 g/mol. The van der Waals surface area contributed by atoms with Crippen LogP contribution in [-0.2, 0) is 0 Å². The van der Waals surface area contributed by atoms with Crippen LogP contribution in [0.3, 0.4) is 0 Å². The van der Waals surface area contributed by atoms with Crippen molar-refractivity contribution in [1.82, 2.24) is 5.32 Å². The van der Waals surface area contributed by atoms with Gasteiger partial charge >= 0.3 is 0 Å². The van der Waals surface area contributed by atoms with Crippen molar-refractivity contribution in [3.8, 4) is 0 Å². The van der Waals surface area contributed by atoms with Crippen LogP contribution in [0.5, 0.6) is 0 Å². The van der Waals surface area contributed by atoms with Gasteiger partial charge in [0.2, 0.25) is 0 Å². The summed E-state index contributed by atoms with van der Waals surface area (Å²) in [6, 6.07) is 0.474. The van der Waals surface area contributed by atoms with E-state index in [9.17, 15) is 0 Å². The van der Waals surface area contributed by atoms with E-state index in [1.807, 2.05) is 6.92 Å². The Hall–Kier alpha value is -0.340. The Morgan fingerprint density at radius 3 is 2.24 bits per heavy atom. The fourth-order valence-electron chi connectivity index (χ4n) is 1.97. The lowest BCUT2D eigenvalue weighted by atomic mass is 10.0. The maximum absolute atomic E-state index is 5.75. The number of hydrogen-bond donors (Lipinski definition) is 2. The van der Waals surface area contributed by atoms with E-state index in [0.717, 1.165) is 13.1 Å². The first-order chi connectivity index (χ1) is 8.20. The normalized spacial score (nSPS) is 12.6. The lowest BCUT2D eigenvalue weighted by Crippen LogP contribution is -2.36. The van der Waals surface area contributed by atoms with E-state index in [4.69, 9.17) is 5.73 Å². The highest BCUT2D eigenvalue weighted by Gasteiger charge is 2.04. The highest BCUT2D eigenvalue weighted by atomic mass is 14.9. The van der Waals surface area contributed by atoms with Crippen molar-refractivity contribution in [3.05, 3.63) is 12.2 Å². The molecule has 2 heteroatoms. The van der Waals surface area contributed by atoms with Crippen LogP contribution in [0.15, 0.2) is 12.2 Å². The Morgan fingerprint density at radius 2 is 1.71 bits per heavy atom. The Balaban J connectivity index is 3.34. The molecule has 0 fully saturated rings. The molecule has 0 aromatic rings. The molecule has 3 N–H and O–H groups in total. The van der Waals surface area contributed by atoms with E-state index in [1.165, 1.54) is 56.9 Å². The molecule has 0 saturated heterocycles. The summed E-state index contributed by atoms with van der Waals surface area (Å²) < 4.78 is 0. The summed E-state index contributed by atoms with van der Waals surface area (Å²) in [5, 5.41) is 3.46. The van der Waals surface area contributed by atoms with E-state index in [0.29, 0.717) is 6.04 Å². The summed E-state index contributed by atoms with van der Waals surface area (Å²) in [6.45, 7) is 9.85. The summed E-state index contributed by atoms with van der Waals surface area (Å²) in [6.07, 6.45) is 10.8. The van der Waals surface area contributed by atoms with E-state index < -0.39 is 0 Å². The SMILES string of the molecule is C=C(C)CNC(CN)CCCCCCCCC. The molecule has 0 rings (SSSR count). The van der Waals surface area contributed by atoms with Gasteiger partial charge in [0.15, 0.2) is 0 Å². The average molecular weight is 240 g/mol. The number of rotatable bonds is 12. The first-order valence-electron chi connectivity index (χ1n) is 7.28. The van der Waals surface area contributed by atoms with E-state index in [-0.39, 0.29) is 0 Å². The molecule has 0 aromatic heterocycles. The third-order valence-corrected chi connectivity index (χ3v) is 3.13. The minimum absolute atomic E-state index is 0.474. The standard InChI is InChI=1S/C15H32N2/c1-4-5-6-7-8-9-10-11-15(12-16)17-13-14(2)3/h15,17H,2,4-13,16H2,1,3H3. The summed E-state index contributed by atoms with van der Waals surface area (Å²) in [7, 11) is 0. The lowest BCUT2D eigenvalue weighted by molar-refractivity contribution is 0.471. The van der Waals surface area contributed by atoms with Crippen LogP contribution in [0.1, 0.15) is 65.2 Å². The minimum atomic E-state index is 0.474. The van der Waals surface area contributed by atoms with Gasteiger partial charge in [-0.3, -0.25) is 0 Å². The van der Waals surface area contributed by atoms with Crippen molar-refractivity contribution < 1.29 is 0 Å². The molecule has 0 heterocycles. The van der Waals surface area contributed by atoms with Crippen LogP contribution in [0.25, 0.3) is 0 Å². The van der Waals surface area contributed by atoms with Gasteiger partial charge in [-0.1, -0.05) is 64.0 Å². The molecule has 0 radical (unpaired) electrons. The van der Waals surface area contributed by atoms with Crippen molar-refractivity contribution in [2.45, 2.75) is 71.3 Å². The quantitative estimate of drug-likeness (QED) is 0.404. The van der Waals surface area contributed by atoms with Gasteiger partial charge in [-0.2, -0.15) is 0 Å². The van der Waals surface area contributed by atoms with Gasteiger partial charge in [0, 0.05) is 19.1 Å². The maximum atomic E-state index is 5.75. The zero-order valence-electron chi connectivity index (χ0n) is 11.9. The van der Waals surface area contributed by atoms with Gasteiger partial charge in [0.25, 0.3) is 0 Å². The van der Waals surface area contributed by atoms with Crippen LogP contribution >= 0.6 is 0 Å². The lowest BCUT2D eigenvalue weighted by Gasteiger charge is -2.16. The van der Waals surface area contributed by atoms with Crippen molar-refractivity contribution in [3.63, 3.8) is 0 Å². The molecule has 2 nitrogen and oxygen atoms in total. The van der Waals surface area contributed by atoms with Gasteiger partial charge in [-0.25, -0.2) is 0 Å². The van der Waals surface area contributed by atoms with Gasteiger partial charge < -0.3 is 11.1 Å². The topological polar surface area (TPSA) is 38.0 Å². The summed E-state index contributed by atoms with van der Waals surface area (Å²) in [5.74, 6) is 0. The zero-order valence-corrected chi connectivity index (χ0v) is 11.9. The first-order valence-corrected chi connectivity index (χ1v) is 7.28. The maximum Gasteiger partial charge on any atom is 0.0193 e. The third kappa shape index (κ3) is 11.9. The molecule has 1 unspecified atom stereocenters. The van der Waals surface area contributed by atoms with Crippen molar-refractivity contribution >= 4 is 0 Å². The van der Waals surface area contributed by atoms with Crippen molar-refractivity contribution in [2.75, 3.05) is 13.1 Å². The number of hydrogen-bond acceptors (Lipinski definition) is 2.